The third-order valence-electron chi connectivity index (χ3n) is 3.28. The van der Waals surface area contributed by atoms with Crippen LogP contribution >= 0.6 is 0 Å². The van der Waals surface area contributed by atoms with Crippen molar-refractivity contribution in [2.24, 2.45) is 0 Å². The van der Waals surface area contributed by atoms with Gasteiger partial charge in [0.15, 0.2) is 0 Å². The molecule has 10 heteroatoms. The molecule has 2 N–H and O–H groups in total. The second-order valence-electron chi connectivity index (χ2n) is 5.82. The van der Waals surface area contributed by atoms with Crippen LogP contribution in [0, 0.1) is 6.92 Å². The summed E-state index contributed by atoms with van der Waals surface area (Å²) in [5.41, 5.74) is 0.956. The van der Waals surface area contributed by atoms with Crippen LogP contribution in [-0.2, 0) is 33.8 Å². The van der Waals surface area contributed by atoms with Gasteiger partial charge in [-0.05, 0) is 19.1 Å². The first-order valence-corrected chi connectivity index (χ1v) is 11.0. The van der Waals surface area contributed by atoms with Crippen molar-refractivity contribution in [3.8, 4) is 0 Å². The fourth-order valence-corrected chi connectivity index (χ4v) is 2.30. The second kappa shape index (κ2) is 19.6. The molecule has 0 aliphatic rings. The van der Waals surface area contributed by atoms with Gasteiger partial charge in [-0.1, -0.05) is 23.8 Å². The van der Waals surface area contributed by atoms with E-state index in [-0.39, 0.29) is 11.5 Å². The molecule has 0 aliphatic heterocycles. The molecule has 0 amide bonds. The number of rotatable bonds is 17. The molecule has 0 saturated heterocycles. The van der Waals surface area contributed by atoms with E-state index in [1.165, 1.54) is 12.1 Å². The summed E-state index contributed by atoms with van der Waals surface area (Å²) in [6.45, 7) is 10.7. The highest BCUT2D eigenvalue weighted by atomic mass is 32.2. The van der Waals surface area contributed by atoms with E-state index in [0.29, 0.717) is 66.1 Å². The van der Waals surface area contributed by atoms with Gasteiger partial charge in [-0.15, -0.1) is 6.58 Å². The molecule has 0 atom stereocenters. The van der Waals surface area contributed by atoms with Crippen molar-refractivity contribution in [1.82, 2.24) is 0 Å². The van der Waals surface area contributed by atoms with Crippen LogP contribution in [0.1, 0.15) is 5.56 Å². The third kappa shape index (κ3) is 18.6. The topological polar surface area (TPSA) is 121 Å². The number of hydrogen-bond acceptors (Lipinski definition) is 8. The zero-order valence-corrected chi connectivity index (χ0v) is 18.3. The molecule has 0 heterocycles. The number of aliphatic hydroxyl groups is 1. The monoisotopic (exact) mass is 450 g/mol. The predicted molar refractivity (Wildman–Crippen MR) is 112 cm³/mol. The van der Waals surface area contributed by atoms with Crippen molar-refractivity contribution >= 4 is 10.1 Å². The van der Waals surface area contributed by atoms with Gasteiger partial charge >= 0.3 is 0 Å². The van der Waals surface area contributed by atoms with Crippen molar-refractivity contribution in [2.45, 2.75) is 11.8 Å². The summed E-state index contributed by atoms with van der Waals surface area (Å²) in [7, 11) is -4.02. The van der Waals surface area contributed by atoms with Gasteiger partial charge in [-0.25, -0.2) is 0 Å². The lowest BCUT2D eigenvalue weighted by Gasteiger charge is -2.07. The standard InChI is InChI=1S/C13H26O6.C7H8O3S/c1-2-4-15-6-8-17-10-12-19-13-11-18-9-7-16-5-3-14;1-6-2-4-7(5-3-6)11(8,9)10/h2,14H,1,3-13H2;2-5H,1H3,(H,8,9,10). The number of hydrogen-bond donors (Lipinski definition) is 2. The van der Waals surface area contributed by atoms with Gasteiger partial charge in [0, 0.05) is 0 Å². The summed E-state index contributed by atoms with van der Waals surface area (Å²) < 4.78 is 55.6. The van der Waals surface area contributed by atoms with Crippen molar-refractivity contribution in [1.29, 1.82) is 0 Å². The quantitative estimate of drug-likeness (QED) is 0.206. The van der Waals surface area contributed by atoms with E-state index >= 15 is 0 Å². The van der Waals surface area contributed by atoms with Crippen LogP contribution in [0.4, 0.5) is 0 Å². The number of aliphatic hydroxyl groups excluding tert-OH is 1. The first-order valence-electron chi connectivity index (χ1n) is 9.56. The normalized spacial score (nSPS) is 11.0. The predicted octanol–water partition coefficient (Wildman–Crippen LogP) is 1.49. The van der Waals surface area contributed by atoms with Crippen molar-refractivity contribution in [3.63, 3.8) is 0 Å². The van der Waals surface area contributed by atoms with Gasteiger partial charge in [0.25, 0.3) is 10.1 Å². The molecule has 1 aromatic carbocycles. The van der Waals surface area contributed by atoms with Crippen molar-refractivity contribution < 1.29 is 41.8 Å². The Kier molecular flexibility index (Phi) is 18.7. The molecule has 0 fully saturated rings. The first-order chi connectivity index (χ1) is 14.4. The average molecular weight is 451 g/mol. The summed E-state index contributed by atoms with van der Waals surface area (Å²) in [6.07, 6.45) is 1.71. The highest BCUT2D eigenvalue weighted by molar-refractivity contribution is 7.85. The molecule has 0 unspecified atom stereocenters. The number of ether oxygens (including phenoxy) is 5. The van der Waals surface area contributed by atoms with Crippen LogP contribution < -0.4 is 0 Å². The lowest BCUT2D eigenvalue weighted by Crippen LogP contribution is -2.13. The first kappa shape index (κ1) is 28.6. The molecule has 0 bridgehead atoms. The summed E-state index contributed by atoms with van der Waals surface area (Å²) in [5.74, 6) is 0. The average Bonchev–Trinajstić information content (AvgIpc) is 2.71. The number of aryl methyl sites for hydroxylation is 1. The SMILES string of the molecule is C=CCOCCOCCOCCOCCOCCO.Cc1ccc(S(=O)(=O)O)cc1. The largest absolute Gasteiger partial charge is 0.394 e. The molecule has 30 heavy (non-hydrogen) atoms. The van der Waals surface area contributed by atoms with Crippen LogP contribution in [0.3, 0.4) is 0 Å². The molecular weight excluding hydrogens is 416 g/mol. The van der Waals surface area contributed by atoms with Gasteiger partial charge < -0.3 is 28.8 Å². The maximum absolute atomic E-state index is 10.5. The van der Waals surface area contributed by atoms with E-state index in [1.54, 1.807) is 18.2 Å². The fourth-order valence-electron chi connectivity index (χ4n) is 1.82. The summed E-state index contributed by atoms with van der Waals surface area (Å²) in [4.78, 5) is -0.0666. The van der Waals surface area contributed by atoms with Crippen LogP contribution in [0.15, 0.2) is 41.8 Å². The Hall–Kier alpha value is -1.37. The Bertz CT molecular complexity index is 618. The van der Waals surface area contributed by atoms with Gasteiger partial charge in [0.05, 0.1) is 77.6 Å². The van der Waals surface area contributed by atoms with Gasteiger partial charge in [0.2, 0.25) is 0 Å². The van der Waals surface area contributed by atoms with E-state index in [4.69, 9.17) is 33.3 Å². The Balaban J connectivity index is 0.000000642. The van der Waals surface area contributed by atoms with E-state index in [0.717, 1.165) is 5.56 Å². The molecule has 0 saturated carbocycles. The van der Waals surface area contributed by atoms with Crippen molar-refractivity contribution in [2.75, 3.05) is 72.7 Å². The van der Waals surface area contributed by atoms with E-state index in [2.05, 4.69) is 6.58 Å². The van der Waals surface area contributed by atoms with E-state index in [9.17, 15) is 8.42 Å². The number of benzene rings is 1. The van der Waals surface area contributed by atoms with Gasteiger partial charge in [0.1, 0.15) is 0 Å². The Labute approximate surface area is 179 Å². The van der Waals surface area contributed by atoms with Gasteiger partial charge in [-0.3, -0.25) is 4.55 Å². The lowest BCUT2D eigenvalue weighted by molar-refractivity contribution is -0.0118. The second-order valence-corrected chi connectivity index (χ2v) is 7.25. The van der Waals surface area contributed by atoms with Crippen LogP contribution in [0.25, 0.3) is 0 Å². The molecular formula is C20H34O9S. The minimum Gasteiger partial charge on any atom is -0.394 e. The molecule has 0 aliphatic carbocycles. The molecule has 0 spiro atoms. The summed E-state index contributed by atoms with van der Waals surface area (Å²) >= 11 is 0. The molecule has 0 radical (unpaired) electrons. The third-order valence-corrected chi connectivity index (χ3v) is 4.15. The smallest absolute Gasteiger partial charge is 0.294 e. The van der Waals surface area contributed by atoms with Crippen LogP contribution in [-0.4, -0.2) is 90.8 Å². The minimum atomic E-state index is -4.02. The highest BCUT2D eigenvalue weighted by Gasteiger charge is 2.06. The fraction of sp³-hybridized carbons (Fsp3) is 0.600. The van der Waals surface area contributed by atoms with Crippen molar-refractivity contribution in [3.05, 3.63) is 42.5 Å². The summed E-state index contributed by atoms with van der Waals surface area (Å²) in [6, 6.07) is 5.99. The maximum Gasteiger partial charge on any atom is 0.294 e. The maximum atomic E-state index is 10.5. The molecule has 174 valence electrons. The minimum absolute atomic E-state index is 0.0434. The zero-order chi connectivity index (χ0) is 22.5. The molecule has 0 aromatic heterocycles. The molecule has 1 aromatic rings. The lowest BCUT2D eigenvalue weighted by atomic mass is 10.2. The van der Waals surface area contributed by atoms with Gasteiger partial charge in [-0.2, -0.15) is 8.42 Å². The summed E-state index contributed by atoms with van der Waals surface area (Å²) in [5, 5.41) is 8.46. The molecule has 1 rings (SSSR count). The Morgan fingerprint density at radius 2 is 1.20 bits per heavy atom. The highest BCUT2D eigenvalue weighted by Crippen LogP contribution is 2.08. The van der Waals surface area contributed by atoms with Crippen LogP contribution in [0.5, 0.6) is 0 Å². The Morgan fingerprint density at radius 3 is 1.57 bits per heavy atom. The Morgan fingerprint density at radius 1 is 0.800 bits per heavy atom. The molecule has 9 nitrogen and oxygen atoms in total. The van der Waals surface area contributed by atoms with E-state index < -0.39 is 10.1 Å². The van der Waals surface area contributed by atoms with E-state index in [1.807, 2.05) is 6.92 Å². The van der Waals surface area contributed by atoms with Crippen LogP contribution in [0.2, 0.25) is 0 Å². The zero-order valence-electron chi connectivity index (χ0n) is 17.5.